The van der Waals surface area contributed by atoms with Crippen LogP contribution in [0.25, 0.3) is 0 Å². The van der Waals surface area contributed by atoms with Gasteiger partial charge in [-0.05, 0) is 0 Å². The number of aryl methyl sites for hydroxylation is 1. The van der Waals surface area contributed by atoms with Crippen LogP contribution >= 0.6 is 0 Å². The van der Waals surface area contributed by atoms with Crippen molar-refractivity contribution in [1.29, 1.82) is 0 Å². The molecule has 21 heavy (non-hydrogen) atoms. The van der Waals surface area contributed by atoms with Crippen LogP contribution in [-0.2, 0) is 6.42 Å². The normalized spacial score (nSPS) is 20.9. The first-order valence-electron chi connectivity index (χ1n) is 6.40. The molecule has 2 aromatic rings. The third-order valence-corrected chi connectivity index (χ3v) is 3.24. The van der Waals surface area contributed by atoms with Gasteiger partial charge in [-0.25, -0.2) is 13.8 Å². The van der Waals surface area contributed by atoms with Crippen LogP contribution in [-0.4, -0.2) is 38.5 Å². The summed E-state index contributed by atoms with van der Waals surface area (Å²) in [4.78, 5) is 16.8. The first kappa shape index (κ1) is 13.7. The van der Waals surface area contributed by atoms with Crippen molar-refractivity contribution in [3.05, 3.63) is 30.1 Å². The smallest absolute Gasteiger partial charge is 0.292 e. The third kappa shape index (κ3) is 2.50. The Labute approximate surface area is 118 Å². The molecule has 1 aliphatic rings. The maximum atomic E-state index is 13.7. The van der Waals surface area contributed by atoms with Crippen molar-refractivity contribution < 1.29 is 22.4 Å². The summed E-state index contributed by atoms with van der Waals surface area (Å²) in [5.74, 6) is -3.44. The van der Waals surface area contributed by atoms with E-state index in [4.69, 9.17) is 8.83 Å². The molecule has 0 bridgehead atoms. The molecule has 7 nitrogen and oxygen atoms in total. The number of alkyl halides is 2. The molecule has 0 N–H and O–H groups in total. The van der Waals surface area contributed by atoms with Gasteiger partial charge in [0, 0.05) is 12.8 Å². The van der Waals surface area contributed by atoms with E-state index in [0.717, 1.165) is 11.3 Å². The Hall–Kier alpha value is -2.32. The van der Waals surface area contributed by atoms with Gasteiger partial charge >= 0.3 is 0 Å². The summed E-state index contributed by atoms with van der Waals surface area (Å²) < 4.78 is 37.6. The zero-order chi connectivity index (χ0) is 15.0. The van der Waals surface area contributed by atoms with Crippen LogP contribution < -0.4 is 0 Å². The van der Waals surface area contributed by atoms with Crippen molar-refractivity contribution in [2.24, 2.45) is 0 Å². The van der Waals surface area contributed by atoms with E-state index in [0.29, 0.717) is 12.3 Å². The predicted octanol–water partition coefficient (Wildman–Crippen LogP) is 1.84. The number of oxazole rings is 1. The van der Waals surface area contributed by atoms with Crippen LogP contribution in [0.15, 0.2) is 21.4 Å². The Bertz CT molecular complexity index is 641. The van der Waals surface area contributed by atoms with Gasteiger partial charge in [-0.3, -0.25) is 4.79 Å². The first-order chi connectivity index (χ1) is 10.00. The molecule has 0 spiro atoms. The van der Waals surface area contributed by atoms with E-state index in [2.05, 4.69) is 15.2 Å². The lowest BCUT2D eigenvalue weighted by atomic mass is 10.2. The van der Waals surface area contributed by atoms with E-state index in [1.165, 1.54) is 6.20 Å². The lowest BCUT2D eigenvalue weighted by molar-refractivity contribution is 0.0113. The van der Waals surface area contributed by atoms with Gasteiger partial charge in [0.05, 0.1) is 12.7 Å². The van der Waals surface area contributed by atoms with Crippen LogP contribution in [0.5, 0.6) is 0 Å². The summed E-state index contributed by atoms with van der Waals surface area (Å²) in [6, 6.07) is -0.967. The average Bonchev–Trinajstić information content (AvgIpc) is 3.16. The molecule has 1 saturated heterocycles. The molecule has 0 aromatic carbocycles. The van der Waals surface area contributed by atoms with Crippen molar-refractivity contribution in [3.8, 4) is 0 Å². The number of amides is 1. The molecular formula is C12H12F2N4O3. The maximum Gasteiger partial charge on any atom is 0.292 e. The van der Waals surface area contributed by atoms with Crippen LogP contribution in [0.2, 0.25) is 0 Å². The number of hydrogen-bond acceptors (Lipinski definition) is 6. The van der Waals surface area contributed by atoms with Crippen molar-refractivity contribution in [3.63, 3.8) is 0 Å². The lowest BCUT2D eigenvalue weighted by Gasteiger charge is -2.19. The zero-order valence-electron chi connectivity index (χ0n) is 11.1. The highest BCUT2D eigenvalue weighted by Crippen LogP contribution is 2.41. The minimum absolute atomic E-state index is 0.0110. The van der Waals surface area contributed by atoms with Crippen molar-refractivity contribution in [1.82, 2.24) is 20.1 Å². The van der Waals surface area contributed by atoms with Crippen molar-refractivity contribution in [2.45, 2.75) is 31.7 Å². The number of carbonyl (C=O) groups is 1. The summed E-state index contributed by atoms with van der Waals surface area (Å²) in [6.45, 7) is 1.08. The fourth-order valence-electron chi connectivity index (χ4n) is 2.26. The third-order valence-electron chi connectivity index (χ3n) is 3.24. The van der Waals surface area contributed by atoms with Gasteiger partial charge in [0.25, 0.3) is 11.8 Å². The topological polar surface area (TPSA) is 85.3 Å². The highest BCUT2D eigenvalue weighted by molar-refractivity contribution is 5.91. The van der Waals surface area contributed by atoms with Gasteiger partial charge < -0.3 is 13.7 Å². The minimum atomic E-state index is -3.01. The standard InChI is InChI=1S/C12H12F2N4O3/c1-2-9-16-17-10(21-9)7-3-12(13,14)5-18(7)11(19)8-4-15-6-20-8/h4,6-7H,2-3,5H2,1H3. The number of carbonyl (C=O) groups excluding carboxylic acids is 1. The second kappa shape index (κ2) is 4.90. The summed E-state index contributed by atoms with van der Waals surface area (Å²) in [6.07, 6.45) is 2.18. The molecule has 1 fully saturated rings. The van der Waals surface area contributed by atoms with Crippen molar-refractivity contribution in [2.75, 3.05) is 6.54 Å². The van der Waals surface area contributed by atoms with Crippen LogP contribution in [0.3, 0.4) is 0 Å². The summed E-state index contributed by atoms with van der Waals surface area (Å²) in [5, 5.41) is 7.51. The van der Waals surface area contributed by atoms with E-state index in [-0.39, 0.29) is 11.7 Å². The van der Waals surface area contributed by atoms with Crippen molar-refractivity contribution >= 4 is 5.91 Å². The Morgan fingerprint density at radius 2 is 2.33 bits per heavy atom. The zero-order valence-corrected chi connectivity index (χ0v) is 11.1. The summed E-state index contributed by atoms with van der Waals surface area (Å²) in [5.41, 5.74) is 0. The molecule has 1 aliphatic heterocycles. The lowest BCUT2D eigenvalue weighted by Crippen LogP contribution is -2.32. The highest BCUT2D eigenvalue weighted by Gasteiger charge is 2.50. The van der Waals surface area contributed by atoms with Crippen LogP contribution in [0, 0.1) is 0 Å². The molecule has 1 unspecified atom stereocenters. The molecular weight excluding hydrogens is 286 g/mol. The Kier molecular flexibility index (Phi) is 3.19. The molecule has 0 aliphatic carbocycles. The molecule has 9 heteroatoms. The van der Waals surface area contributed by atoms with Gasteiger partial charge in [-0.15, -0.1) is 10.2 Å². The molecule has 112 valence electrons. The Morgan fingerprint density at radius 1 is 1.52 bits per heavy atom. The number of rotatable bonds is 3. The van der Waals surface area contributed by atoms with E-state index in [9.17, 15) is 13.6 Å². The van der Waals surface area contributed by atoms with E-state index in [1.807, 2.05) is 0 Å². The molecule has 0 radical (unpaired) electrons. The highest BCUT2D eigenvalue weighted by atomic mass is 19.3. The predicted molar refractivity (Wildman–Crippen MR) is 63.5 cm³/mol. The van der Waals surface area contributed by atoms with Crippen LogP contribution in [0.1, 0.15) is 41.7 Å². The van der Waals surface area contributed by atoms with Gasteiger partial charge in [-0.1, -0.05) is 6.92 Å². The largest absolute Gasteiger partial charge is 0.438 e. The second-order valence-electron chi connectivity index (χ2n) is 4.76. The number of likely N-dealkylation sites (tertiary alicyclic amines) is 1. The quantitative estimate of drug-likeness (QED) is 0.859. The van der Waals surface area contributed by atoms with Gasteiger partial charge in [0.15, 0.2) is 6.39 Å². The minimum Gasteiger partial charge on any atom is -0.438 e. The summed E-state index contributed by atoms with van der Waals surface area (Å²) >= 11 is 0. The number of aromatic nitrogens is 3. The average molecular weight is 298 g/mol. The number of hydrogen-bond donors (Lipinski definition) is 0. The Balaban J connectivity index is 1.91. The molecule has 1 amide bonds. The number of halogens is 2. The molecule has 2 aromatic heterocycles. The van der Waals surface area contributed by atoms with E-state index >= 15 is 0 Å². The van der Waals surface area contributed by atoms with E-state index < -0.39 is 30.8 Å². The summed E-state index contributed by atoms with van der Waals surface area (Å²) in [7, 11) is 0. The van der Waals surface area contributed by atoms with Crippen LogP contribution in [0.4, 0.5) is 8.78 Å². The molecule has 1 atom stereocenters. The first-order valence-corrected chi connectivity index (χ1v) is 6.40. The molecule has 3 heterocycles. The van der Waals surface area contributed by atoms with Gasteiger partial charge in [-0.2, -0.15) is 0 Å². The fraction of sp³-hybridized carbons (Fsp3) is 0.500. The van der Waals surface area contributed by atoms with Gasteiger partial charge in [0.2, 0.25) is 17.5 Å². The SMILES string of the molecule is CCc1nnc(C2CC(F)(F)CN2C(=O)c2cnco2)o1. The van der Waals surface area contributed by atoms with E-state index in [1.54, 1.807) is 6.92 Å². The maximum absolute atomic E-state index is 13.7. The molecule has 0 saturated carbocycles. The van der Waals surface area contributed by atoms with Gasteiger partial charge in [0.1, 0.15) is 6.04 Å². The molecule has 3 rings (SSSR count). The second-order valence-corrected chi connectivity index (χ2v) is 4.76. The fourth-order valence-corrected chi connectivity index (χ4v) is 2.26. The number of nitrogens with zero attached hydrogens (tertiary/aromatic N) is 4. The monoisotopic (exact) mass is 298 g/mol. The Morgan fingerprint density at radius 3 is 2.95 bits per heavy atom.